The first kappa shape index (κ1) is 14.2. The van der Waals surface area contributed by atoms with Gasteiger partial charge in [0.05, 0.1) is 0 Å². The molecule has 0 spiro atoms. The van der Waals surface area contributed by atoms with Gasteiger partial charge >= 0.3 is 12.0 Å². The molecular formula is C9H17N3O4. The molecule has 0 radical (unpaired) electrons. The molecule has 7 nitrogen and oxygen atoms in total. The van der Waals surface area contributed by atoms with E-state index in [1.54, 1.807) is 6.92 Å². The summed E-state index contributed by atoms with van der Waals surface area (Å²) in [5, 5.41) is 13.5. The molecule has 3 N–H and O–H groups in total. The molecule has 0 fully saturated rings. The molecule has 0 aromatic heterocycles. The first-order chi connectivity index (χ1) is 7.47. The molecule has 0 saturated carbocycles. The van der Waals surface area contributed by atoms with Crippen LogP contribution < -0.4 is 10.6 Å². The monoisotopic (exact) mass is 231 g/mol. The van der Waals surface area contributed by atoms with Crippen LogP contribution in [0.4, 0.5) is 4.79 Å². The van der Waals surface area contributed by atoms with E-state index < -0.39 is 12.0 Å². The van der Waals surface area contributed by atoms with Gasteiger partial charge in [-0.3, -0.25) is 9.59 Å². The van der Waals surface area contributed by atoms with Crippen molar-refractivity contribution in [3.63, 3.8) is 0 Å². The van der Waals surface area contributed by atoms with Crippen LogP contribution in [-0.4, -0.2) is 54.6 Å². The van der Waals surface area contributed by atoms with Crippen LogP contribution >= 0.6 is 0 Å². The van der Waals surface area contributed by atoms with Crippen LogP contribution in [0.15, 0.2) is 0 Å². The summed E-state index contributed by atoms with van der Waals surface area (Å²) < 4.78 is 0. The minimum atomic E-state index is -1.08. The molecular weight excluding hydrogens is 214 g/mol. The number of carbonyl (C=O) groups is 3. The quantitative estimate of drug-likeness (QED) is 0.559. The van der Waals surface area contributed by atoms with Crippen LogP contribution in [0, 0.1) is 0 Å². The number of rotatable bonds is 6. The molecule has 0 rings (SSSR count). The second kappa shape index (κ2) is 7.49. The Labute approximate surface area is 93.8 Å². The summed E-state index contributed by atoms with van der Waals surface area (Å²) in [5.41, 5.74) is 0. The molecule has 0 heterocycles. The van der Waals surface area contributed by atoms with Crippen molar-refractivity contribution in [1.82, 2.24) is 15.5 Å². The zero-order valence-electron chi connectivity index (χ0n) is 9.45. The van der Waals surface area contributed by atoms with Crippen molar-refractivity contribution < 1.29 is 19.5 Å². The number of aliphatic carboxylic acids is 1. The van der Waals surface area contributed by atoms with Gasteiger partial charge in [-0.25, -0.2) is 4.79 Å². The fourth-order valence-electron chi connectivity index (χ4n) is 0.978. The fraction of sp³-hybridized carbons (Fsp3) is 0.667. The summed E-state index contributed by atoms with van der Waals surface area (Å²) in [6.07, 6.45) is 0.181. The number of carbonyl (C=O) groups excluding carboxylic acids is 2. The predicted octanol–water partition coefficient (Wildman–Crippen LogP) is -0.761. The normalized spacial score (nSPS) is 9.38. The molecule has 0 aliphatic carbocycles. The van der Waals surface area contributed by atoms with Gasteiger partial charge in [0.25, 0.3) is 0 Å². The van der Waals surface area contributed by atoms with E-state index in [1.807, 2.05) is 0 Å². The van der Waals surface area contributed by atoms with E-state index >= 15 is 0 Å². The average Bonchev–Trinajstić information content (AvgIpc) is 2.16. The number of nitrogens with one attached hydrogen (secondary N) is 2. The molecule has 0 saturated heterocycles. The van der Waals surface area contributed by atoms with Crippen molar-refractivity contribution >= 4 is 17.9 Å². The van der Waals surface area contributed by atoms with Gasteiger partial charge in [-0.05, 0) is 6.92 Å². The zero-order chi connectivity index (χ0) is 12.6. The largest absolute Gasteiger partial charge is 0.480 e. The van der Waals surface area contributed by atoms with Crippen LogP contribution in [0.25, 0.3) is 0 Å². The van der Waals surface area contributed by atoms with Crippen LogP contribution in [0.5, 0.6) is 0 Å². The lowest BCUT2D eigenvalue weighted by molar-refractivity contribution is -0.137. The molecule has 3 amide bonds. The number of hydrogen-bond donors (Lipinski definition) is 3. The summed E-state index contributed by atoms with van der Waals surface area (Å²) >= 11 is 0. The summed E-state index contributed by atoms with van der Waals surface area (Å²) in [7, 11) is 1.37. The molecule has 0 aromatic carbocycles. The highest BCUT2D eigenvalue weighted by Crippen LogP contribution is 1.85. The third-order valence-corrected chi connectivity index (χ3v) is 1.72. The van der Waals surface area contributed by atoms with Gasteiger partial charge in [0.1, 0.15) is 6.54 Å². The lowest BCUT2D eigenvalue weighted by Crippen LogP contribution is -2.41. The molecule has 0 aliphatic rings. The molecule has 92 valence electrons. The Hall–Kier alpha value is -1.79. The number of carboxylic acid groups (broad SMARTS) is 1. The number of likely N-dealkylation sites (N-methyl/N-ethyl adjacent to an activating group) is 1. The van der Waals surface area contributed by atoms with Gasteiger partial charge in [0.15, 0.2) is 0 Å². The lowest BCUT2D eigenvalue weighted by Gasteiger charge is -2.15. The first-order valence-corrected chi connectivity index (χ1v) is 4.94. The molecule has 0 atom stereocenters. The van der Waals surface area contributed by atoms with Gasteiger partial charge in [0, 0.05) is 26.6 Å². The molecule has 0 aliphatic heterocycles. The number of urea groups is 1. The Balaban J connectivity index is 3.72. The standard InChI is InChI=1S/C9H17N3O4/c1-3-10-7(13)4-5-11-9(16)12(2)6-8(14)15/h3-6H2,1-2H3,(H,10,13)(H,11,16)(H,14,15). The van der Waals surface area contributed by atoms with Gasteiger partial charge in [-0.2, -0.15) is 0 Å². The zero-order valence-corrected chi connectivity index (χ0v) is 9.45. The third-order valence-electron chi connectivity index (χ3n) is 1.72. The van der Waals surface area contributed by atoms with E-state index in [2.05, 4.69) is 10.6 Å². The number of amides is 3. The number of hydrogen-bond acceptors (Lipinski definition) is 3. The second-order valence-electron chi connectivity index (χ2n) is 3.19. The maximum absolute atomic E-state index is 11.2. The van der Waals surface area contributed by atoms with Crippen LogP contribution in [-0.2, 0) is 9.59 Å². The Morgan fingerprint density at radius 3 is 2.38 bits per heavy atom. The van der Waals surface area contributed by atoms with Crippen molar-refractivity contribution in [2.75, 3.05) is 26.7 Å². The van der Waals surface area contributed by atoms with E-state index in [4.69, 9.17) is 5.11 Å². The van der Waals surface area contributed by atoms with Crippen LogP contribution in [0.3, 0.4) is 0 Å². The average molecular weight is 231 g/mol. The van der Waals surface area contributed by atoms with Gasteiger partial charge in [-0.1, -0.05) is 0 Å². The van der Waals surface area contributed by atoms with Crippen molar-refractivity contribution in [1.29, 1.82) is 0 Å². The van der Waals surface area contributed by atoms with E-state index in [-0.39, 0.29) is 25.4 Å². The Morgan fingerprint density at radius 1 is 1.25 bits per heavy atom. The topological polar surface area (TPSA) is 98.7 Å². The van der Waals surface area contributed by atoms with Crippen molar-refractivity contribution in [2.45, 2.75) is 13.3 Å². The van der Waals surface area contributed by atoms with E-state index in [9.17, 15) is 14.4 Å². The maximum atomic E-state index is 11.2. The summed E-state index contributed by atoms with van der Waals surface area (Å²) in [5.74, 6) is -1.23. The highest BCUT2D eigenvalue weighted by Gasteiger charge is 2.11. The lowest BCUT2D eigenvalue weighted by atomic mass is 10.4. The second-order valence-corrected chi connectivity index (χ2v) is 3.19. The number of nitrogens with zero attached hydrogens (tertiary/aromatic N) is 1. The van der Waals surface area contributed by atoms with Crippen molar-refractivity contribution in [3.05, 3.63) is 0 Å². The van der Waals surface area contributed by atoms with Crippen LogP contribution in [0.1, 0.15) is 13.3 Å². The van der Waals surface area contributed by atoms with E-state index in [0.717, 1.165) is 4.90 Å². The smallest absolute Gasteiger partial charge is 0.323 e. The Kier molecular flexibility index (Phi) is 6.66. The number of carboxylic acids is 1. The summed E-state index contributed by atoms with van der Waals surface area (Å²) in [4.78, 5) is 33.6. The fourth-order valence-corrected chi connectivity index (χ4v) is 0.978. The van der Waals surface area contributed by atoms with Gasteiger partial charge in [-0.15, -0.1) is 0 Å². The first-order valence-electron chi connectivity index (χ1n) is 4.94. The molecule has 0 aromatic rings. The molecule has 0 bridgehead atoms. The van der Waals surface area contributed by atoms with Crippen molar-refractivity contribution in [2.24, 2.45) is 0 Å². The van der Waals surface area contributed by atoms with Crippen LogP contribution in [0.2, 0.25) is 0 Å². The van der Waals surface area contributed by atoms with E-state index in [1.165, 1.54) is 7.05 Å². The Bertz CT molecular complexity index is 267. The van der Waals surface area contributed by atoms with Crippen molar-refractivity contribution in [3.8, 4) is 0 Å². The maximum Gasteiger partial charge on any atom is 0.323 e. The Morgan fingerprint density at radius 2 is 1.88 bits per heavy atom. The molecule has 0 unspecified atom stereocenters. The highest BCUT2D eigenvalue weighted by molar-refractivity contribution is 5.80. The van der Waals surface area contributed by atoms with Gasteiger partial charge < -0.3 is 20.6 Å². The summed E-state index contributed by atoms with van der Waals surface area (Å²) in [6.45, 7) is 2.17. The predicted molar refractivity (Wildman–Crippen MR) is 57.0 cm³/mol. The minimum Gasteiger partial charge on any atom is -0.480 e. The SMILES string of the molecule is CCNC(=O)CCNC(=O)N(C)CC(=O)O. The summed E-state index contributed by atoms with van der Waals surface area (Å²) in [6, 6.07) is -0.508. The minimum absolute atomic E-state index is 0.149. The molecule has 16 heavy (non-hydrogen) atoms. The highest BCUT2D eigenvalue weighted by atomic mass is 16.4. The van der Waals surface area contributed by atoms with E-state index in [0.29, 0.717) is 6.54 Å². The third kappa shape index (κ3) is 6.63. The van der Waals surface area contributed by atoms with Gasteiger partial charge in [0.2, 0.25) is 5.91 Å². The molecule has 7 heteroatoms.